The Balaban J connectivity index is 2.40. The lowest BCUT2D eigenvalue weighted by Crippen LogP contribution is -1.93. The van der Waals surface area contributed by atoms with Crippen LogP contribution in [-0.4, -0.2) is 13.4 Å². The molecule has 2 rings (SSSR count). The molecule has 0 amide bonds. The summed E-state index contributed by atoms with van der Waals surface area (Å²) in [6.07, 6.45) is 0.702. The lowest BCUT2D eigenvalue weighted by Gasteiger charge is -2.12. The Kier molecular flexibility index (Phi) is 5.07. The number of carbonyl (C=O) groups excluding carboxylic acids is 1. The number of halogens is 3. The van der Waals surface area contributed by atoms with Gasteiger partial charge in [-0.3, -0.25) is 4.79 Å². The van der Waals surface area contributed by atoms with Gasteiger partial charge in [0.15, 0.2) is 6.29 Å². The smallest absolute Gasteiger partial charge is 0.153 e. The molecule has 6 heteroatoms. The fourth-order valence-electron chi connectivity index (χ4n) is 1.57. The van der Waals surface area contributed by atoms with E-state index in [1.54, 1.807) is 37.4 Å². The van der Waals surface area contributed by atoms with Gasteiger partial charge in [-0.2, -0.15) is 0 Å². The summed E-state index contributed by atoms with van der Waals surface area (Å²) in [5, 5.41) is 0.481. The van der Waals surface area contributed by atoms with Crippen LogP contribution in [0.2, 0.25) is 5.02 Å². The van der Waals surface area contributed by atoms with E-state index in [1.165, 1.54) is 0 Å². The van der Waals surface area contributed by atoms with Crippen molar-refractivity contribution in [1.29, 1.82) is 0 Å². The van der Waals surface area contributed by atoms with Crippen molar-refractivity contribution >= 4 is 49.7 Å². The zero-order chi connectivity index (χ0) is 14.7. The number of ether oxygens (including phenoxy) is 2. The molecule has 0 bridgehead atoms. The fraction of sp³-hybridized carbons (Fsp3) is 0.0714. The van der Waals surface area contributed by atoms with Crippen molar-refractivity contribution in [2.24, 2.45) is 0 Å². The number of carbonyl (C=O) groups is 1. The summed E-state index contributed by atoms with van der Waals surface area (Å²) in [6.45, 7) is 0. The average molecular weight is 420 g/mol. The molecule has 0 atom stereocenters. The number of aldehydes is 1. The Labute approximate surface area is 138 Å². The van der Waals surface area contributed by atoms with E-state index in [4.69, 9.17) is 21.1 Å². The minimum Gasteiger partial charge on any atom is -0.496 e. The molecule has 0 aliphatic rings. The fourth-order valence-corrected chi connectivity index (χ4v) is 2.64. The summed E-state index contributed by atoms with van der Waals surface area (Å²) in [4.78, 5) is 11.0. The first-order valence-electron chi connectivity index (χ1n) is 5.50. The summed E-state index contributed by atoms with van der Waals surface area (Å²) < 4.78 is 12.4. The van der Waals surface area contributed by atoms with Gasteiger partial charge in [-0.05, 0) is 62.2 Å². The van der Waals surface area contributed by atoms with Crippen molar-refractivity contribution in [3.63, 3.8) is 0 Å². The van der Waals surface area contributed by atoms with E-state index in [-0.39, 0.29) is 0 Å². The van der Waals surface area contributed by atoms with E-state index in [2.05, 4.69) is 31.9 Å². The molecular weight excluding hydrogens is 411 g/mol. The van der Waals surface area contributed by atoms with E-state index in [9.17, 15) is 4.79 Å². The van der Waals surface area contributed by atoms with Crippen LogP contribution < -0.4 is 9.47 Å². The maximum atomic E-state index is 11.0. The molecule has 0 unspecified atom stereocenters. The minimum atomic E-state index is 0.386. The van der Waals surface area contributed by atoms with Gasteiger partial charge in [0.2, 0.25) is 0 Å². The Morgan fingerprint density at radius 2 is 1.70 bits per heavy atom. The number of rotatable bonds is 4. The van der Waals surface area contributed by atoms with Crippen LogP contribution >= 0.6 is 43.5 Å². The molecule has 2 aromatic carbocycles. The molecule has 0 heterocycles. The predicted molar refractivity (Wildman–Crippen MR) is 85.3 cm³/mol. The highest BCUT2D eigenvalue weighted by Gasteiger charge is 2.11. The molecule has 0 aromatic heterocycles. The Morgan fingerprint density at radius 3 is 2.35 bits per heavy atom. The Hall–Kier alpha value is -1.04. The molecule has 0 aliphatic carbocycles. The first kappa shape index (κ1) is 15.4. The molecule has 0 saturated carbocycles. The van der Waals surface area contributed by atoms with Gasteiger partial charge in [-0.1, -0.05) is 11.6 Å². The molecule has 0 radical (unpaired) electrons. The number of benzene rings is 2. The lowest BCUT2D eigenvalue weighted by molar-refractivity contribution is 0.112. The van der Waals surface area contributed by atoms with Gasteiger partial charge in [0.05, 0.1) is 21.6 Å². The standard InChI is InChI=1S/C14H9Br2ClO3/c1-19-13-5-11(16)14(6-10(13)15)20-12-3-2-9(17)4-8(12)7-18/h2-7H,1H3. The van der Waals surface area contributed by atoms with E-state index >= 15 is 0 Å². The van der Waals surface area contributed by atoms with E-state index in [0.29, 0.717) is 38.6 Å². The first-order chi connectivity index (χ1) is 9.55. The van der Waals surface area contributed by atoms with Gasteiger partial charge in [0.25, 0.3) is 0 Å². The third kappa shape index (κ3) is 3.34. The topological polar surface area (TPSA) is 35.5 Å². The number of hydrogen-bond acceptors (Lipinski definition) is 3. The summed E-state index contributed by atoms with van der Waals surface area (Å²) in [7, 11) is 1.58. The van der Waals surface area contributed by atoms with Gasteiger partial charge in [0, 0.05) is 5.02 Å². The molecule has 3 nitrogen and oxygen atoms in total. The summed E-state index contributed by atoms with van der Waals surface area (Å²) in [6, 6.07) is 8.39. The maximum absolute atomic E-state index is 11.0. The van der Waals surface area contributed by atoms with Crippen LogP contribution in [-0.2, 0) is 0 Å². The lowest BCUT2D eigenvalue weighted by atomic mass is 10.2. The van der Waals surface area contributed by atoms with Gasteiger partial charge < -0.3 is 9.47 Å². The average Bonchev–Trinajstić information content (AvgIpc) is 2.44. The highest BCUT2D eigenvalue weighted by Crippen LogP contribution is 2.38. The minimum absolute atomic E-state index is 0.386. The first-order valence-corrected chi connectivity index (χ1v) is 7.47. The maximum Gasteiger partial charge on any atom is 0.153 e. The highest BCUT2D eigenvalue weighted by atomic mass is 79.9. The Bertz CT molecular complexity index is 659. The molecule has 0 fully saturated rings. The third-order valence-electron chi connectivity index (χ3n) is 2.53. The van der Waals surface area contributed by atoms with Crippen LogP contribution in [0.15, 0.2) is 39.3 Å². The zero-order valence-corrected chi connectivity index (χ0v) is 14.3. The van der Waals surface area contributed by atoms with Crippen molar-refractivity contribution in [2.45, 2.75) is 0 Å². The molecule has 20 heavy (non-hydrogen) atoms. The van der Waals surface area contributed by atoms with Crippen molar-refractivity contribution < 1.29 is 14.3 Å². The van der Waals surface area contributed by atoms with E-state index in [0.717, 1.165) is 4.47 Å². The van der Waals surface area contributed by atoms with Crippen molar-refractivity contribution in [1.82, 2.24) is 0 Å². The second-order valence-corrected chi connectivity index (χ2v) is 5.96. The zero-order valence-electron chi connectivity index (χ0n) is 10.3. The van der Waals surface area contributed by atoms with Crippen molar-refractivity contribution in [2.75, 3.05) is 7.11 Å². The molecular formula is C14H9Br2ClO3. The second-order valence-electron chi connectivity index (χ2n) is 3.82. The third-order valence-corrected chi connectivity index (χ3v) is 4.00. The van der Waals surface area contributed by atoms with E-state index < -0.39 is 0 Å². The van der Waals surface area contributed by atoms with Crippen molar-refractivity contribution in [3.05, 3.63) is 49.9 Å². The largest absolute Gasteiger partial charge is 0.496 e. The van der Waals surface area contributed by atoms with Crippen LogP contribution in [0.3, 0.4) is 0 Å². The molecule has 2 aromatic rings. The normalized spacial score (nSPS) is 10.2. The van der Waals surface area contributed by atoms with Gasteiger partial charge in [0.1, 0.15) is 17.2 Å². The Morgan fingerprint density at radius 1 is 1.05 bits per heavy atom. The quantitative estimate of drug-likeness (QED) is 0.615. The highest BCUT2D eigenvalue weighted by molar-refractivity contribution is 9.11. The van der Waals surface area contributed by atoms with Gasteiger partial charge in [-0.25, -0.2) is 0 Å². The number of methoxy groups -OCH3 is 1. The molecule has 0 spiro atoms. The SMILES string of the molecule is COc1cc(Br)c(Oc2ccc(Cl)cc2C=O)cc1Br. The summed E-state index contributed by atoms with van der Waals surface area (Å²) in [5.41, 5.74) is 0.386. The van der Waals surface area contributed by atoms with Gasteiger partial charge >= 0.3 is 0 Å². The van der Waals surface area contributed by atoms with Crippen molar-refractivity contribution in [3.8, 4) is 17.2 Å². The summed E-state index contributed by atoms with van der Waals surface area (Å²) >= 11 is 12.6. The van der Waals surface area contributed by atoms with Crippen LogP contribution in [0.5, 0.6) is 17.2 Å². The predicted octanol–water partition coefficient (Wildman–Crippen LogP) is 5.48. The molecule has 104 valence electrons. The second kappa shape index (κ2) is 6.61. The van der Waals surface area contributed by atoms with Crippen LogP contribution in [0.4, 0.5) is 0 Å². The monoisotopic (exact) mass is 418 g/mol. The van der Waals surface area contributed by atoms with Gasteiger partial charge in [-0.15, -0.1) is 0 Å². The van der Waals surface area contributed by atoms with Crippen LogP contribution in [0.25, 0.3) is 0 Å². The summed E-state index contributed by atoms with van der Waals surface area (Å²) in [5.74, 6) is 1.67. The van der Waals surface area contributed by atoms with E-state index in [1.807, 2.05) is 0 Å². The van der Waals surface area contributed by atoms with Crippen LogP contribution in [0.1, 0.15) is 10.4 Å². The molecule has 0 N–H and O–H groups in total. The number of hydrogen-bond donors (Lipinski definition) is 0. The molecule has 0 aliphatic heterocycles. The van der Waals surface area contributed by atoms with Crippen LogP contribution in [0, 0.1) is 0 Å². The molecule has 0 saturated heterocycles.